The first kappa shape index (κ1) is 13.3. The van der Waals surface area contributed by atoms with Crippen LogP contribution in [0.1, 0.15) is 15.9 Å². The maximum atomic E-state index is 12.4. The largest absolute Gasteiger partial charge is 0.507 e. The number of carbonyl (C=O) groups is 2. The Kier molecular flexibility index (Phi) is 3.33. The Morgan fingerprint density at radius 2 is 1.76 bits per heavy atom. The number of alkyl halides is 3. The number of carbonyl (C=O) groups excluding carboxylic acids is 1. The molecule has 0 amide bonds. The average Bonchev–Trinajstić information content (AvgIpc) is 2.18. The lowest BCUT2D eigenvalue weighted by Crippen LogP contribution is -2.15. The fourth-order valence-corrected chi connectivity index (χ4v) is 1.32. The lowest BCUT2D eigenvalue weighted by molar-refractivity contribution is -0.139. The van der Waals surface area contributed by atoms with Crippen LogP contribution in [0, 0.1) is 0 Å². The van der Waals surface area contributed by atoms with Crippen molar-refractivity contribution in [1.82, 2.24) is 0 Å². The van der Waals surface area contributed by atoms with Gasteiger partial charge in [-0.05, 0) is 12.1 Å². The van der Waals surface area contributed by atoms with Crippen LogP contribution in [-0.4, -0.2) is 22.0 Å². The van der Waals surface area contributed by atoms with Gasteiger partial charge in [0.1, 0.15) is 5.75 Å². The van der Waals surface area contributed by atoms with E-state index in [-0.39, 0.29) is 0 Å². The molecule has 2 N–H and O–H groups in total. The molecular weight excluding hydrogens is 265 g/mol. The number of phenols is 1. The highest BCUT2D eigenvalue weighted by atomic mass is 35.5. The van der Waals surface area contributed by atoms with Crippen molar-refractivity contribution in [2.24, 2.45) is 0 Å². The van der Waals surface area contributed by atoms with Crippen LogP contribution < -0.4 is 0 Å². The van der Waals surface area contributed by atoms with Crippen LogP contribution in [0.5, 0.6) is 5.75 Å². The number of aromatic hydroxyl groups is 1. The molecule has 0 fully saturated rings. The topological polar surface area (TPSA) is 74.6 Å². The second-order valence-electron chi connectivity index (χ2n) is 2.98. The first-order valence-corrected chi connectivity index (χ1v) is 4.39. The number of hydrogen-bond donors (Lipinski definition) is 2. The van der Waals surface area contributed by atoms with E-state index in [4.69, 9.17) is 16.7 Å². The van der Waals surface area contributed by atoms with E-state index in [1.165, 1.54) is 0 Å². The molecule has 0 aromatic heterocycles. The third kappa shape index (κ3) is 2.68. The van der Waals surface area contributed by atoms with Crippen molar-refractivity contribution in [3.63, 3.8) is 0 Å². The minimum absolute atomic E-state index is 0.398. The number of halogens is 4. The summed E-state index contributed by atoms with van der Waals surface area (Å²) in [5.41, 5.74) is -2.56. The van der Waals surface area contributed by atoms with Gasteiger partial charge in [0.2, 0.25) is 0 Å². The van der Waals surface area contributed by atoms with Gasteiger partial charge in [-0.3, -0.25) is 4.79 Å². The molecule has 1 rings (SSSR count). The second-order valence-corrected chi connectivity index (χ2v) is 3.42. The third-order valence-electron chi connectivity index (χ3n) is 1.82. The second kappa shape index (κ2) is 4.25. The molecule has 0 aliphatic rings. The van der Waals surface area contributed by atoms with Crippen LogP contribution in [0.3, 0.4) is 0 Å². The van der Waals surface area contributed by atoms with E-state index in [1.54, 1.807) is 0 Å². The molecule has 0 bridgehead atoms. The van der Waals surface area contributed by atoms with E-state index in [0.717, 1.165) is 0 Å². The van der Waals surface area contributed by atoms with Crippen LogP contribution in [0.25, 0.3) is 0 Å². The molecule has 0 atom stereocenters. The first-order valence-electron chi connectivity index (χ1n) is 4.02. The number of Topliss-reactive ketones (excluding diaryl/α,β-unsaturated/α-hetero) is 1. The maximum Gasteiger partial charge on any atom is 0.420 e. The smallest absolute Gasteiger partial charge is 0.420 e. The molecule has 1 aromatic rings. The molecule has 8 heteroatoms. The van der Waals surface area contributed by atoms with E-state index in [9.17, 15) is 27.9 Å². The number of benzene rings is 1. The van der Waals surface area contributed by atoms with Gasteiger partial charge in [0.25, 0.3) is 5.78 Å². The predicted molar refractivity (Wildman–Crippen MR) is 50.1 cm³/mol. The molecule has 4 nitrogen and oxygen atoms in total. The molecule has 0 saturated carbocycles. The molecule has 0 heterocycles. The Morgan fingerprint density at radius 1 is 1.24 bits per heavy atom. The lowest BCUT2D eigenvalue weighted by atomic mass is 10.0. The van der Waals surface area contributed by atoms with Gasteiger partial charge in [-0.1, -0.05) is 11.6 Å². The van der Waals surface area contributed by atoms with Crippen molar-refractivity contribution in [2.45, 2.75) is 6.18 Å². The lowest BCUT2D eigenvalue weighted by Gasteiger charge is -2.11. The number of aliphatic carboxylic acids is 1. The van der Waals surface area contributed by atoms with E-state index in [2.05, 4.69) is 0 Å². The first-order chi connectivity index (χ1) is 7.64. The van der Waals surface area contributed by atoms with Crippen molar-refractivity contribution in [3.05, 3.63) is 28.3 Å². The fourth-order valence-electron chi connectivity index (χ4n) is 1.10. The summed E-state index contributed by atoms with van der Waals surface area (Å²) < 4.78 is 37.2. The Hall–Kier alpha value is -1.76. The average molecular weight is 269 g/mol. The van der Waals surface area contributed by atoms with Gasteiger partial charge in [-0.25, -0.2) is 4.79 Å². The van der Waals surface area contributed by atoms with Gasteiger partial charge in [0.15, 0.2) is 0 Å². The number of carboxylic acid groups (broad SMARTS) is 1. The van der Waals surface area contributed by atoms with Crippen LogP contribution in [0.4, 0.5) is 13.2 Å². The molecule has 0 spiro atoms. The number of rotatable bonds is 2. The monoisotopic (exact) mass is 268 g/mol. The summed E-state index contributed by atoms with van der Waals surface area (Å²) in [7, 11) is 0. The molecule has 0 radical (unpaired) electrons. The summed E-state index contributed by atoms with van der Waals surface area (Å²) in [6, 6.07) is 1.05. The highest BCUT2D eigenvalue weighted by Crippen LogP contribution is 2.39. The molecule has 1 aromatic carbocycles. The maximum absolute atomic E-state index is 12.4. The molecule has 92 valence electrons. The zero-order chi connectivity index (χ0) is 13.4. The van der Waals surface area contributed by atoms with Gasteiger partial charge in [0, 0.05) is 5.02 Å². The highest BCUT2D eigenvalue weighted by molar-refractivity contribution is 6.41. The van der Waals surface area contributed by atoms with Crippen molar-refractivity contribution in [3.8, 4) is 5.75 Å². The Labute approximate surface area is 97.2 Å². The predicted octanol–water partition coefficient (Wildman–Crippen LogP) is 2.33. The fraction of sp³-hybridized carbons (Fsp3) is 0.111. The Morgan fingerprint density at radius 3 is 2.18 bits per heavy atom. The minimum atomic E-state index is -4.94. The summed E-state index contributed by atoms with van der Waals surface area (Å²) in [6.07, 6.45) is -4.94. The summed E-state index contributed by atoms with van der Waals surface area (Å²) in [6.45, 7) is 0. The molecule has 17 heavy (non-hydrogen) atoms. The quantitative estimate of drug-likeness (QED) is 0.638. The van der Waals surface area contributed by atoms with Crippen molar-refractivity contribution in [1.29, 1.82) is 0 Å². The van der Waals surface area contributed by atoms with Gasteiger partial charge >= 0.3 is 12.1 Å². The third-order valence-corrected chi connectivity index (χ3v) is 2.04. The Balaban J connectivity index is 3.50. The zero-order valence-electron chi connectivity index (χ0n) is 7.88. The minimum Gasteiger partial charge on any atom is -0.507 e. The number of hydrogen-bond acceptors (Lipinski definition) is 3. The molecule has 0 unspecified atom stereocenters. The van der Waals surface area contributed by atoms with Crippen molar-refractivity contribution >= 4 is 23.4 Å². The number of phenolic OH excluding ortho intramolecular Hbond substituents is 1. The van der Waals surface area contributed by atoms with E-state index in [0.29, 0.717) is 12.1 Å². The van der Waals surface area contributed by atoms with Gasteiger partial charge in [-0.2, -0.15) is 13.2 Å². The van der Waals surface area contributed by atoms with Crippen LogP contribution in [0.2, 0.25) is 5.02 Å². The van der Waals surface area contributed by atoms with Crippen molar-refractivity contribution < 1.29 is 33.0 Å². The van der Waals surface area contributed by atoms with Gasteiger partial charge < -0.3 is 10.2 Å². The van der Waals surface area contributed by atoms with E-state index in [1.807, 2.05) is 0 Å². The van der Waals surface area contributed by atoms with Crippen LogP contribution in [-0.2, 0) is 11.0 Å². The standard InChI is InChI=1S/C9H4ClF3O4/c10-3-1-4(7(15)8(16)17)6(14)5(2-3)9(11,12)13/h1-2,14H,(H,16,17). The Bertz CT molecular complexity index is 496. The number of carboxylic acids is 1. The van der Waals surface area contributed by atoms with E-state index < -0.39 is 39.8 Å². The summed E-state index contributed by atoms with van der Waals surface area (Å²) in [4.78, 5) is 21.4. The van der Waals surface area contributed by atoms with Crippen LogP contribution in [0.15, 0.2) is 12.1 Å². The van der Waals surface area contributed by atoms with E-state index >= 15 is 0 Å². The normalized spacial score (nSPS) is 11.3. The summed E-state index contributed by atoms with van der Waals surface area (Å²) >= 11 is 5.32. The van der Waals surface area contributed by atoms with Gasteiger partial charge in [0.05, 0.1) is 11.1 Å². The van der Waals surface area contributed by atoms with Gasteiger partial charge in [-0.15, -0.1) is 0 Å². The molecule has 0 aliphatic heterocycles. The SMILES string of the molecule is O=C(O)C(=O)c1cc(Cl)cc(C(F)(F)F)c1O. The number of ketones is 1. The van der Waals surface area contributed by atoms with Crippen molar-refractivity contribution in [2.75, 3.05) is 0 Å². The highest BCUT2D eigenvalue weighted by Gasteiger charge is 2.37. The molecular formula is C9H4ClF3O4. The molecule has 0 aliphatic carbocycles. The van der Waals surface area contributed by atoms with Crippen LogP contribution >= 0.6 is 11.6 Å². The molecule has 0 saturated heterocycles. The summed E-state index contributed by atoms with van der Waals surface area (Å²) in [5, 5.41) is 17.1. The summed E-state index contributed by atoms with van der Waals surface area (Å²) in [5.74, 6) is -5.11. The zero-order valence-corrected chi connectivity index (χ0v) is 8.63.